The fourth-order valence-corrected chi connectivity index (χ4v) is 2.38. The van der Waals surface area contributed by atoms with Crippen molar-refractivity contribution >= 4 is 40.0 Å². The van der Waals surface area contributed by atoms with Crippen molar-refractivity contribution in [3.8, 4) is 0 Å². The molecular formula is C15H7Cl2FO2. The van der Waals surface area contributed by atoms with Crippen molar-refractivity contribution in [3.05, 3.63) is 69.7 Å². The molecule has 0 saturated carbocycles. The standard InChI is InChI=1S/C15H7Cl2FO2/c16-10-5-1-3-8-7-12(20-15(8)10)14(19)9-4-2-6-11(18)13(9)17/h1-7H. The maximum Gasteiger partial charge on any atom is 0.229 e. The first-order valence-electron chi connectivity index (χ1n) is 5.74. The highest BCUT2D eigenvalue weighted by Crippen LogP contribution is 2.29. The molecule has 5 heteroatoms. The molecule has 1 heterocycles. The van der Waals surface area contributed by atoms with Crippen molar-refractivity contribution in [2.24, 2.45) is 0 Å². The number of benzene rings is 2. The SMILES string of the molecule is O=C(c1cc2cccc(Cl)c2o1)c1cccc(F)c1Cl. The Morgan fingerprint density at radius 2 is 1.85 bits per heavy atom. The summed E-state index contributed by atoms with van der Waals surface area (Å²) in [4.78, 5) is 12.3. The molecule has 3 aromatic rings. The highest BCUT2D eigenvalue weighted by Gasteiger charge is 2.19. The minimum atomic E-state index is -0.647. The molecule has 20 heavy (non-hydrogen) atoms. The van der Waals surface area contributed by atoms with E-state index < -0.39 is 11.6 Å². The summed E-state index contributed by atoms with van der Waals surface area (Å²) in [5.74, 6) is -1.06. The number of carbonyl (C=O) groups excluding carboxylic acids is 1. The van der Waals surface area contributed by atoms with Gasteiger partial charge < -0.3 is 4.42 Å². The Morgan fingerprint density at radius 1 is 1.10 bits per heavy atom. The van der Waals surface area contributed by atoms with Crippen LogP contribution in [0, 0.1) is 5.82 Å². The van der Waals surface area contributed by atoms with Gasteiger partial charge in [0.25, 0.3) is 0 Å². The minimum absolute atomic E-state index is 0.0573. The summed E-state index contributed by atoms with van der Waals surface area (Å²) in [5, 5.41) is 0.893. The molecule has 0 unspecified atom stereocenters. The van der Waals surface area contributed by atoms with Crippen molar-refractivity contribution in [1.82, 2.24) is 0 Å². The summed E-state index contributed by atoms with van der Waals surface area (Å²) >= 11 is 11.8. The molecule has 3 rings (SSSR count). The van der Waals surface area contributed by atoms with E-state index in [-0.39, 0.29) is 16.3 Å². The van der Waals surface area contributed by atoms with Crippen LogP contribution in [0.3, 0.4) is 0 Å². The molecule has 0 aliphatic carbocycles. The number of carbonyl (C=O) groups is 1. The summed E-state index contributed by atoms with van der Waals surface area (Å²) < 4.78 is 18.8. The van der Waals surface area contributed by atoms with Crippen LogP contribution in [0.4, 0.5) is 4.39 Å². The first kappa shape index (κ1) is 13.2. The van der Waals surface area contributed by atoms with Crippen LogP contribution in [0.15, 0.2) is 46.9 Å². The van der Waals surface area contributed by atoms with Gasteiger partial charge in [-0.2, -0.15) is 0 Å². The molecule has 0 aliphatic rings. The highest BCUT2D eigenvalue weighted by atomic mass is 35.5. The number of para-hydroxylation sites is 1. The van der Waals surface area contributed by atoms with Gasteiger partial charge in [-0.15, -0.1) is 0 Å². The number of hydrogen-bond donors (Lipinski definition) is 0. The zero-order chi connectivity index (χ0) is 14.3. The molecule has 0 atom stereocenters. The minimum Gasteiger partial charge on any atom is -0.451 e. The van der Waals surface area contributed by atoms with Gasteiger partial charge in [-0.05, 0) is 24.3 Å². The van der Waals surface area contributed by atoms with E-state index in [1.807, 2.05) is 0 Å². The van der Waals surface area contributed by atoms with E-state index >= 15 is 0 Å². The fourth-order valence-electron chi connectivity index (χ4n) is 1.95. The number of furan rings is 1. The Kier molecular flexibility index (Phi) is 3.24. The largest absolute Gasteiger partial charge is 0.451 e. The summed E-state index contributed by atoms with van der Waals surface area (Å²) in [6, 6.07) is 10.8. The van der Waals surface area contributed by atoms with E-state index in [0.29, 0.717) is 16.0 Å². The number of fused-ring (bicyclic) bond motifs is 1. The zero-order valence-corrected chi connectivity index (χ0v) is 11.5. The highest BCUT2D eigenvalue weighted by molar-refractivity contribution is 6.36. The van der Waals surface area contributed by atoms with Gasteiger partial charge in [0.15, 0.2) is 11.3 Å². The van der Waals surface area contributed by atoms with Crippen LogP contribution in [-0.2, 0) is 0 Å². The van der Waals surface area contributed by atoms with Gasteiger partial charge in [0.1, 0.15) is 5.82 Å². The van der Waals surface area contributed by atoms with Gasteiger partial charge in [-0.25, -0.2) is 4.39 Å². The first-order valence-corrected chi connectivity index (χ1v) is 6.50. The van der Waals surface area contributed by atoms with Gasteiger partial charge in [0, 0.05) is 10.9 Å². The van der Waals surface area contributed by atoms with E-state index in [1.54, 1.807) is 24.3 Å². The second-order valence-electron chi connectivity index (χ2n) is 4.20. The number of hydrogen-bond acceptors (Lipinski definition) is 2. The maximum absolute atomic E-state index is 13.4. The summed E-state index contributed by atoms with van der Waals surface area (Å²) in [6.07, 6.45) is 0. The quantitative estimate of drug-likeness (QED) is 0.616. The smallest absolute Gasteiger partial charge is 0.229 e. The lowest BCUT2D eigenvalue weighted by Crippen LogP contribution is -2.01. The Labute approximate surface area is 123 Å². The third-order valence-corrected chi connectivity index (χ3v) is 3.60. The fraction of sp³-hybridized carbons (Fsp3) is 0. The molecule has 2 aromatic carbocycles. The van der Waals surface area contributed by atoms with E-state index in [0.717, 1.165) is 0 Å². The predicted molar refractivity (Wildman–Crippen MR) is 76.1 cm³/mol. The van der Waals surface area contributed by atoms with Crippen LogP contribution < -0.4 is 0 Å². The number of ketones is 1. The van der Waals surface area contributed by atoms with Crippen LogP contribution in [0.2, 0.25) is 10.0 Å². The van der Waals surface area contributed by atoms with Gasteiger partial charge in [0.05, 0.1) is 10.0 Å². The molecule has 100 valence electrons. The lowest BCUT2D eigenvalue weighted by Gasteiger charge is -2.01. The van der Waals surface area contributed by atoms with Crippen LogP contribution in [0.5, 0.6) is 0 Å². The van der Waals surface area contributed by atoms with Gasteiger partial charge in [-0.3, -0.25) is 4.79 Å². The third kappa shape index (κ3) is 2.09. The molecule has 0 radical (unpaired) electrons. The third-order valence-electron chi connectivity index (χ3n) is 2.92. The molecule has 0 amide bonds. The Hall–Kier alpha value is -1.84. The lowest BCUT2D eigenvalue weighted by atomic mass is 10.1. The van der Waals surface area contributed by atoms with Crippen LogP contribution in [-0.4, -0.2) is 5.78 Å². The number of rotatable bonds is 2. The van der Waals surface area contributed by atoms with Crippen LogP contribution >= 0.6 is 23.2 Å². The van der Waals surface area contributed by atoms with Gasteiger partial charge >= 0.3 is 0 Å². The summed E-state index contributed by atoms with van der Waals surface area (Å²) in [7, 11) is 0. The number of halogens is 3. The second-order valence-corrected chi connectivity index (χ2v) is 4.98. The van der Waals surface area contributed by atoms with E-state index in [9.17, 15) is 9.18 Å². The van der Waals surface area contributed by atoms with Crippen LogP contribution in [0.1, 0.15) is 16.1 Å². The molecule has 0 saturated heterocycles. The van der Waals surface area contributed by atoms with Gasteiger partial charge in [0.2, 0.25) is 5.78 Å². The van der Waals surface area contributed by atoms with Crippen molar-refractivity contribution < 1.29 is 13.6 Å². The summed E-state index contributed by atoms with van der Waals surface area (Å²) in [5.41, 5.74) is 0.479. The van der Waals surface area contributed by atoms with E-state index in [4.69, 9.17) is 27.6 Å². The Bertz CT molecular complexity index is 824. The monoisotopic (exact) mass is 308 g/mol. The summed E-state index contributed by atoms with van der Waals surface area (Å²) in [6.45, 7) is 0. The van der Waals surface area contributed by atoms with Crippen molar-refractivity contribution in [1.29, 1.82) is 0 Å². The molecule has 0 aliphatic heterocycles. The topological polar surface area (TPSA) is 30.2 Å². The molecular weight excluding hydrogens is 302 g/mol. The molecule has 2 nitrogen and oxygen atoms in total. The van der Waals surface area contributed by atoms with Crippen molar-refractivity contribution in [2.45, 2.75) is 0 Å². The first-order chi connectivity index (χ1) is 9.58. The van der Waals surface area contributed by atoms with E-state index in [2.05, 4.69) is 0 Å². The van der Waals surface area contributed by atoms with Crippen LogP contribution in [0.25, 0.3) is 11.0 Å². The van der Waals surface area contributed by atoms with Crippen molar-refractivity contribution in [3.63, 3.8) is 0 Å². The average molecular weight is 309 g/mol. The zero-order valence-electron chi connectivity index (χ0n) is 9.99. The Morgan fingerprint density at radius 3 is 2.60 bits per heavy atom. The average Bonchev–Trinajstić information content (AvgIpc) is 2.87. The predicted octanol–water partition coefficient (Wildman–Crippen LogP) is 5.11. The second kappa shape index (κ2) is 4.93. The molecule has 0 N–H and O–H groups in total. The van der Waals surface area contributed by atoms with E-state index in [1.165, 1.54) is 18.2 Å². The molecule has 1 aromatic heterocycles. The van der Waals surface area contributed by atoms with Gasteiger partial charge in [-0.1, -0.05) is 41.4 Å². The Balaban J connectivity index is 2.13. The normalized spacial score (nSPS) is 10.9. The molecule has 0 bridgehead atoms. The maximum atomic E-state index is 13.4. The lowest BCUT2D eigenvalue weighted by molar-refractivity contribution is 0.101. The molecule has 0 spiro atoms. The molecule has 0 fully saturated rings. The van der Waals surface area contributed by atoms with Crippen molar-refractivity contribution in [2.75, 3.05) is 0 Å².